The second-order valence-corrected chi connectivity index (χ2v) is 9.88. The molecule has 0 saturated heterocycles. The molecule has 0 atom stereocenters. The Morgan fingerprint density at radius 3 is 2.49 bits per heavy atom. The predicted octanol–water partition coefficient (Wildman–Crippen LogP) is 4.73. The summed E-state index contributed by atoms with van der Waals surface area (Å²) in [6.07, 6.45) is 4.18. The largest absolute Gasteiger partial charge is 0.384 e. The van der Waals surface area contributed by atoms with Gasteiger partial charge in [0.05, 0.1) is 0 Å². The van der Waals surface area contributed by atoms with Crippen LogP contribution in [0.2, 0.25) is 0 Å². The molecule has 1 heterocycles. The van der Waals surface area contributed by atoms with Crippen LogP contribution >= 0.6 is 0 Å². The van der Waals surface area contributed by atoms with Crippen LogP contribution in [0.4, 0.5) is 0 Å². The molecule has 0 spiro atoms. The number of rotatable bonds is 6. The van der Waals surface area contributed by atoms with Gasteiger partial charge in [0.1, 0.15) is 11.5 Å². The number of amidine groups is 1. The lowest BCUT2D eigenvalue weighted by molar-refractivity contribution is 0.0907. The highest BCUT2D eigenvalue weighted by Gasteiger charge is 2.25. The lowest BCUT2D eigenvalue weighted by atomic mass is 9.90. The van der Waals surface area contributed by atoms with E-state index in [4.69, 9.17) is 11.1 Å². The first-order valence-corrected chi connectivity index (χ1v) is 12.3. The Kier molecular flexibility index (Phi) is 6.31. The highest BCUT2D eigenvalue weighted by molar-refractivity contribution is 6.02. The summed E-state index contributed by atoms with van der Waals surface area (Å²) in [5.74, 6) is -0.0208. The van der Waals surface area contributed by atoms with Crippen molar-refractivity contribution in [2.45, 2.75) is 44.3 Å². The third-order valence-electron chi connectivity index (χ3n) is 7.42. The smallest absolute Gasteiger partial charge is 0.268 e. The van der Waals surface area contributed by atoms with E-state index in [0.717, 1.165) is 42.1 Å². The molecule has 0 bridgehead atoms. The number of benzene rings is 3. The van der Waals surface area contributed by atoms with E-state index in [-0.39, 0.29) is 17.8 Å². The molecular weight excluding hydrogens is 434 g/mol. The number of fused-ring (bicyclic) bond motifs is 2. The lowest BCUT2D eigenvalue weighted by Crippen LogP contribution is -2.42. The number of nitrogens with zero attached hydrogens (tertiary/aromatic N) is 2. The van der Waals surface area contributed by atoms with Gasteiger partial charge in [-0.05, 0) is 68.2 Å². The Hall–Kier alpha value is -3.64. The van der Waals surface area contributed by atoms with Gasteiger partial charge >= 0.3 is 0 Å². The Morgan fingerprint density at radius 1 is 1.00 bits per heavy atom. The van der Waals surface area contributed by atoms with Crippen LogP contribution in [0.1, 0.15) is 47.3 Å². The molecule has 0 radical (unpaired) electrons. The zero-order valence-corrected chi connectivity index (χ0v) is 20.4. The van der Waals surface area contributed by atoms with Crippen molar-refractivity contribution in [3.63, 3.8) is 0 Å². The molecule has 1 aliphatic carbocycles. The maximum Gasteiger partial charge on any atom is 0.268 e. The maximum atomic E-state index is 13.6. The molecule has 4 aromatic rings. The van der Waals surface area contributed by atoms with E-state index < -0.39 is 0 Å². The highest BCUT2D eigenvalue weighted by atomic mass is 16.2. The van der Waals surface area contributed by atoms with Crippen molar-refractivity contribution >= 4 is 33.4 Å². The van der Waals surface area contributed by atoms with Gasteiger partial charge in [-0.25, -0.2) is 0 Å². The van der Waals surface area contributed by atoms with Crippen LogP contribution in [0, 0.1) is 5.41 Å². The van der Waals surface area contributed by atoms with E-state index in [0.29, 0.717) is 23.8 Å². The third-order valence-corrected chi connectivity index (χ3v) is 7.42. The summed E-state index contributed by atoms with van der Waals surface area (Å²) in [4.78, 5) is 15.9. The molecule has 1 aromatic heterocycles. The Balaban J connectivity index is 1.51. The monoisotopic (exact) mass is 467 g/mol. The Bertz CT molecular complexity index is 1390. The molecule has 1 amide bonds. The summed E-state index contributed by atoms with van der Waals surface area (Å²) in [5.41, 5.74) is 9.15. The number of hydrogen-bond acceptors (Lipinski definition) is 3. The summed E-state index contributed by atoms with van der Waals surface area (Å²) in [5, 5.41) is 14.5. The standard InChI is InChI=1S/C29H33N5O/c1-33(2)24-14-12-23(13-15-24)32-29(35)27-16-20-10-11-21(28(30)31)17-26(20)34(27)18-22-8-5-7-19-6-3-4-9-25(19)22/h3-11,16-17,23-24H,12-15,18H2,1-2H3,(H3,30,31)(H,32,35)/t23-,24-. The van der Waals surface area contributed by atoms with Crippen LogP contribution in [-0.4, -0.2) is 47.4 Å². The molecule has 3 aromatic carbocycles. The summed E-state index contributed by atoms with van der Waals surface area (Å²) >= 11 is 0. The number of carbonyl (C=O) groups is 1. The number of amides is 1. The van der Waals surface area contributed by atoms with Gasteiger partial charge in [0.25, 0.3) is 5.91 Å². The normalized spacial score (nSPS) is 18.3. The summed E-state index contributed by atoms with van der Waals surface area (Å²) in [6.45, 7) is 0.558. The molecule has 6 nitrogen and oxygen atoms in total. The SMILES string of the molecule is CN(C)[C@H]1CC[C@H](NC(=O)c2cc3ccc(C(=N)N)cc3n2Cc2cccc3ccccc23)CC1. The minimum Gasteiger partial charge on any atom is -0.384 e. The van der Waals surface area contributed by atoms with E-state index in [9.17, 15) is 4.79 Å². The van der Waals surface area contributed by atoms with Crippen LogP contribution < -0.4 is 11.1 Å². The van der Waals surface area contributed by atoms with Gasteiger partial charge in [0, 0.05) is 35.1 Å². The number of carbonyl (C=O) groups excluding carboxylic acids is 1. The number of aromatic nitrogens is 1. The van der Waals surface area contributed by atoms with Gasteiger partial charge in [-0.3, -0.25) is 10.2 Å². The van der Waals surface area contributed by atoms with E-state index in [1.165, 1.54) is 10.8 Å². The fourth-order valence-electron chi connectivity index (χ4n) is 5.38. The van der Waals surface area contributed by atoms with Crippen molar-refractivity contribution in [2.24, 2.45) is 5.73 Å². The molecular formula is C29H33N5O. The number of nitrogens with two attached hydrogens (primary N) is 1. The van der Waals surface area contributed by atoms with Crippen LogP contribution in [0.3, 0.4) is 0 Å². The van der Waals surface area contributed by atoms with E-state index in [2.05, 4.69) is 59.2 Å². The first-order chi connectivity index (χ1) is 16.9. The van der Waals surface area contributed by atoms with E-state index in [1.807, 2.05) is 36.4 Å². The molecule has 1 fully saturated rings. The maximum absolute atomic E-state index is 13.6. The van der Waals surface area contributed by atoms with Gasteiger partial charge in [-0.2, -0.15) is 0 Å². The zero-order valence-electron chi connectivity index (χ0n) is 20.4. The predicted molar refractivity (Wildman–Crippen MR) is 143 cm³/mol. The summed E-state index contributed by atoms with van der Waals surface area (Å²) in [6, 6.07) is 23.1. The lowest BCUT2D eigenvalue weighted by Gasteiger charge is -2.33. The second kappa shape index (κ2) is 9.55. The van der Waals surface area contributed by atoms with Gasteiger partial charge < -0.3 is 20.5 Å². The summed E-state index contributed by atoms with van der Waals surface area (Å²) < 4.78 is 2.07. The number of nitrogens with one attached hydrogen (secondary N) is 2. The number of nitrogen functional groups attached to an aromatic ring is 1. The van der Waals surface area contributed by atoms with Crippen molar-refractivity contribution in [1.82, 2.24) is 14.8 Å². The van der Waals surface area contributed by atoms with Crippen molar-refractivity contribution in [3.8, 4) is 0 Å². The van der Waals surface area contributed by atoms with Crippen LogP contribution in [0.25, 0.3) is 21.7 Å². The minimum absolute atomic E-state index is 0.0217. The first-order valence-electron chi connectivity index (χ1n) is 12.3. The van der Waals surface area contributed by atoms with Gasteiger partial charge in [0.15, 0.2) is 0 Å². The molecule has 4 N–H and O–H groups in total. The van der Waals surface area contributed by atoms with Gasteiger partial charge in [-0.1, -0.05) is 54.6 Å². The van der Waals surface area contributed by atoms with E-state index >= 15 is 0 Å². The number of hydrogen-bond donors (Lipinski definition) is 3. The molecule has 180 valence electrons. The molecule has 6 heteroatoms. The summed E-state index contributed by atoms with van der Waals surface area (Å²) in [7, 11) is 4.26. The first kappa shape index (κ1) is 23.1. The average molecular weight is 468 g/mol. The Morgan fingerprint density at radius 2 is 1.74 bits per heavy atom. The van der Waals surface area contributed by atoms with Crippen molar-refractivity contribution in [2.75, 3.05) is 14.1 Å². The molecule has 5 rings (SSSR count). The molecule has 1 saturated carbocycles. The highest BCUT2D eigenvalue weighted by Crippen LogP contribution is 2.27. The molecule has 0 unspecified atom stereocenters. The average Bonchev–Trinajstić information content (AvgIpc) is 3.22. The fraction of sp³-hybridized carbons (Fsp3) is 0.310. The van der Waals surface area contributed by atoms with Crippen LogP contribution in [-0.2, 0) is 6.54 Å². The van der Waals surface area contributed by atoms with Gasteiger partial charge in [-0.15, -0.1) is 0 Å². The molecule has 0 aliphatic heterocycles. The van der Waals surface area contributed by atoms with E-state index in [1.54, 1.807) is 0 Å². The second-order valence-electron chi connectivity index (χ2n) is 9.88. The van der Waals surface area contributed by atoms with Gasteiger partial charge in [0.2, 0.25) is 0 Å². The quantitative estimate of drug-likeness (QED) is 0.283. The fourth-order valence-corrected chi connectivity index (χ4v) is 5.38. The topological polar surface area (TPSA) is 87.1 Å². The van der Waals surface area contributed by atoms with Crippen molar-refractivity contribution in [1.29, 1.82) is 5.41 Å². The molecule has 35 heavy (non-hydrogen) atoms. The minimum atomic E-state index is -0.0425. The third kappa shape index (κ3) is 4.66. The van der Waals surface area contributed by atoms with Crippen molar-refractivity contribution < 1.29 is 4.79 Å². The Labute approximate surface area is 206 Å². The molecule has 1 aliphatic rings. The van der Waals surface area contributed by atoms with Crippen LogP contribution in [0.15, 0.2) is 66.7 Å². The zero-order chi connectivity index (χ0) is 24.5. The van der Waals surface area contributed by atoms with Crippen molar-refractivity contribution in [3.05, 3.63) is 83.6 Å². The van der Waals surface area contributed by atoms with Crippen LogP contribution in [0.5, 0.6) is 0 Å².